The van der Waals surface area contributed by atoms with Crippen molar-refractivity contribution in [1.82, 2.24) is 19.6 Å². The van der Waals surface area contributed by atoms with Crippen molar-refractivity contribution in [2.45, 2.75) is 19.4 Å². The summed E-state index contributed by atoms with van der Waals surface area (Å²) in [5.41, 5.74) is 1.97. The number of fused-ring (bicyclic) bond motifs is 2. The molecule has 1 aliphatic heterocycles. The van der Waals surface area contributed by atoms with Crippen molar-refractivity contribution in [3.05, 3.63) is 85.7 Å². The molecular formula is C24H23Cl2N5O3S. The number of carbonyl (C=O) groups excluding carboxylic acids is 1. The summed E-state index contributed by atoms with van der Waals surface area (Å²) >= 11 is 7.30. The number of nitrogens with zero attached hydrogens (tertiary/aromatic N) is 4. The maximum Gasteiger partial charge on any atom is 0.293 e. The number of benzene rings is 1. The van der Waals surface area contributed by atoms with Crippen LogP contribution in [-0.4, -0.2) is 45.7 Å². The lowest BCUT2D eigenvalue weighted by atomic mass is 10.1. The minimum atomic E-state index is -0.308. The Morgan fingerprint density at radius 3 is 2.80 bits per heavy atom. The zero-order valence-corrected chi connectivity index (χ0v) is 21.3. The lowest BCUT2D eigenvalue weighted by Crippen LogP contribution is -2.42. The van der Waals surface area contributed by atoms with Gasteiger partial charge < -0.3 is 15.1 Å². The third-order valence-corrected chi connectivity index (χ3v) is 7.07. The third-order valence-electron chi connectivity index (χ3n) is 5.78. The van der Waals surface area contributed by atoms with Gasteiger partial charge in [-0.05, 0) is 36.2 Å². The van der Waals surface area contributed by atoms with E-state index in [-0.39, 0.29) is 30.4 Å². The van der Waals surface area contributed by atoms with Crippen molar-refractivity contribution in [1.29, 1.82) is 0 Å². The predicted octanol–water partition coefficient (Wildman–Crippen LogP) is 3.84. The van der Waals surface area contributed by atoms with Crippen molar-refractivity contribution < 1.29 is 9.63 Å². The number of hydrogen-bond acceptors (Lipinski definition) is 7. The molecule has 182 valence electrons. The second kappa shape index (κ2) is 10.6. The van der Waals surface area contributed by atoms with Gasteiger partial charge in [0.05, 0.1) is 22.7 Å². The third kappa shape index (κ3) is 5.12. The Balaban J connectivity index is 0.00000289. The molecular weight excluding hydrogens is 509 g/mol. The molecule has 11 heteroatoms. The number of rotatable bonds is 6. The maximum absolute atomic E-state index is 13.2. The van der Waals surface area contributed by atoms with Gasteiger partial charge in [-0.25, -0.2) is 9.97 Å². The van der Waals surface area contributed by atoms with Gasteiger partial charge in [0.2, 0.25) is 5.95 Å². The Kier molecular flexibility index (Phi) is 7.59. The van der Waals surface area contributed by atoms with Crippen LogP contribution in [0.1, 0.15) is 26.5 Å². The molecule has 1 amide bonds. The summed E-state index contributed by atoms with van der Waals surface area (Å²) in [7, 11) is 1.43. The van der Waals surface area contributed by atoms with E-state index >= 15 is 0 Å². The van der Waals surface area contributed by atoms with E-state index in [2.05, 4.69) is 15.3 Å². The predicted molar refractivity (Wildman–Crippen MR) is 140 cm³/mol. The van der Waals surface area contributed by atoms with Crippen LogP contribution in [0.25, 0.3) is 10.2 Å². The average molecular weight is 532 g/mol. The molecule has 0 bridgehead atoms. The van der Waals surface area contributed by atoms with Gasteiger partial charge in [-0.1, -0.05) is 29.8 Å². The highest BCUT2D eigenvalue weighted by Crippen LogP contribution is 2.26. The Morgan fingerprint density at radius 1 is 1.26 bits per heavy atom. The lowest BCUT2D eigenvalue weighted by Gasteiger charge is -2.28. The van der Waals surface area contributed by atoms with Gasteiger partial charge in [0, 0.05) is 36.1 Å². The van der Waals surface area contributed by atoms with E-state index < -0.39 is 0 Å². The van der Waals surface area contributed by atoms with Crippen molar-refractivity contribution >= 4 is 57.4 Å². The first-order chi connectivity index (χ1) is 16.5. The smallest absolute Gasteiger partial charge is 0.293 e. The number of anilines is 1. The van der Waals surface area contributed by atoms with Crippen LogP contribution in [0, 0.1) is 0 Å². The number of amides is 1. The van der Waals surface area contributed by atoms with E-state index in [1.807, 2.05) is 42.5 Å². The highest BCUT2D eigenvalue weighted by molar-refractivity contribution is 7.20. The molecule has 8 nitrogen and oxygen atoms in total. The molecule has 0 saturated heterocycles. The standard InChI is InChI=1S/C24H22ClN5O3S.ClH/c1-33-30-22(31)18-14-29(23(32)20-13-16-3-2-10-26-21(16)34-20)12-9-19(18)28-24(30)27-11-8-15-4-6-17(25)7-5-15;/h2-7,10,13H,8-9,11-12,14H2,1H3,(H,27,28);1H. The molecule has 0 radical (unpaired) electrons. The Hall–Kier alpha value is -3.14. The number of hydrogen-bond donors (Lipinski definition) is 1. The van der Waals surface area contributed by atoms with E-state index in [0.717, 1.165) is 26.9 Å². The first-order valence-electron chi connectivity index (χ1n) is 10.8. The Labute approximate surface area is 216 Å². The van der Waals surface area contributed by atoms with Crippen LogP contribution in [-0.2, 0) is 19.4 Å². The summed E-state index contributed by atoms with van der Waals surface area (Å²) in [6, 6.07) is 13.3. The normalized spacial score (nSPS) is 12.7. The molecule has 0 atom stereocenters. The molecule has 5 rings (SSSR count). The molecule has 0 unspecified atom stereocenters. The van der Waals surface area contributed by atoms with Crippen LogP contribution in [0.2, 0.25) is 5.02 Å². The molecule has 1 aromatic carbocycles. The number of aromatic nitrogens is 3. The first kappa shape index (κ1) is 25.0. The molecule has 3 aromatic heterocycles. The number of carbonyl (C=O) groups is 1. The summed E-state index contributed by atoms with van der Waals surface area (Å²) in [6.07, 6.45) is 2.94. The van der Waals surface area contributed by atoms with E-state index in [1.165, 1.54) is 18.4 Å². The minimum Gasteiger partial charge on any atom is -0.411 e. The monoisotopic (exact) mass is 531 g/mol. The molecule has 0 fully saturated rings. The summed E-state index contributed by atoms with van der Waals surface area (Å²) in [5.74, 6) is 0.248. The van der Waals surface area contributed by atoms with E-state index in [1.54, 1.807) is 11.1 Å². The quantitative estimate of drug-likeness (QED) is 0.406. The van der Waals surface area contributed by atoms with Gasteiger partial charge in [0.1, 0.15) is 11.9 Å². The number of nitrogens with one attached hydrogen (secondary N) is 1. The van der Waals surface area contributed by atoms with Crippen molar-refractivity contribution in [3.8, 4) is 0 Å². The summed E-state index contributed by atoms with van der Waals surface area (Å²) in [4.78, 5) is 43.7. The molecule has 1 aliphatic rings. The van der Waals surface area contributed by atoms with Gasteiger partial charge in [-0.2, -0.15) is 0 Å². The van der Waals surface area contributed by atoms with Crippen LogP contribution >= 0.6 is 35.3 Å². The molecule has 1 N–H and O–H groups in total. The van der Waals surface area contributed by atoms with Crippen LogP contribution in [0.3, 0.4) is 0 Å². The van der Waals surface area contributed by atoms with Crippen LogP contribution in [0.5, 0.6) is 0 Å². The zero-order valence-electron chi connectivity index (χ0n) is 18.9. The van der Waals surface area contributed by atoms with Gasteiger partial charge in [-0.15, -0.1) is 28.5 Å². The second-order valence-corrected chi connectivity index (χ2v) is 9.40. The van der Waals surface area contributed by atoms with Gasteiger partial charge in [0.25, 0.3) is 11.5 Å². The van der Waals surface area contributed by atoms with Crippen molar-refractivity contribution in [3.63, 3.8) is 0 Å². The highest BCUT2D eigenvalue weighted by atomic mass is 35.5. The molecule has 0 saturated carbocycles. The van der Waals surface area contributed by atoms with Crippen LogP contribution < -0.4 is 15.7 Å². The average Bonchev–Trinajstić information content (AvgIpc) is 3.29. The van der Waals surface area contributed by atoms with E-state index in [0.29, 0.717) is 46.6 Å². The zero-order chi connectivity index (χ0) is 23.7. The number of thiophene rings is 1. The Bertz CT molecular complexity index is 1390. The SMILES string of the molecule is COn1c(NCCc2ccc(Cl)cc2)nc2c(c1=O)CN(C(=O)c1cc3cccnc3s1)CC2.Cl. The second-order valence-electron chi connectivity index (χ2n) is 7.93. The number of pyridine rings is 1. The van der Waals surface area contributed by atoms with Crippen molar-refractivity contribution in [2.75, 3.05) is 25.5 Å². The fraction of sp³-hybridized carbons (Fsp3) is 0.250. The first-order valence-corrected chi connectivity index (χ1v) is 12.0. The Morgan fingerprint density at radius 2 is 2.06 bits per heavy atom. The highest BCUT2D eigenvalue weighted by Gasteiger charge is 2.28. The largest absolute Gasteiger partial charge is 0.411 e. The number of halogens is 2. The van der Waals surface area contributed by atoms with Gasteiger partial charge in [-0.3, -0.25) is 9.59 Å². The molecule has 0 spiro atoms. The van der Waals surface area contributed by atoms with E-state index in [9.17, 15) is 9.59 Å². The van der Waals surface area contributed by atoms with Crippen LogP contribution in [0.15, 0.2) is 53.5 Å². The van der Waals surface area contributed by atoms with Crippen LogP contribution in [0.4, 0.5) is 5.95 Å². The summed E-state index contributed by atoms with van der Waals surface area (Å²) in [6.45, 7) is 1.25. The van der Waals surface area contributed by atoms with Crippen molar-refractivity contribution in [2.24, 2.45) is 0 Å². The van der Waals surface area contributed by atoms with E-state index in [4.69, 9.17) is 16.4 Å². The molecule has 4 heterocycles. The van der Waals surface area contributed by atoms with Gasteiger partial charge in [0.15, 0.2) is 0 Å². The molecule has 35 heavy (non-hydrogen) atoms. The fourth-order valence-electron chi connectivity index (χ4n) is 4.02. The summed E-state index contributed by atoms with van der Waals surface area (Å²) < 4.78 is 1.15. The van der Waals surface area contributed by atoms with Gasteiger partial charge >= 0.3 is 0 Å². The fourth-order valence-corrected chi connectivity index (χ4v) is 5.11. The minimum absolute atomic E-state index is 0. The topological polar surface area (TPSA) is 89.4 Å². The molecule has 4 aromatic rings. The lowest BCUT2D eigenvalue weighted by molar-refractivity contribution is 0.0733. The molecule has 0 aliphatic carbocycles. The summed E-state index contributed by atoms with van der Waals surface area (Å²) in [5, 5.41) is 4.83. The maximum atomic E-state index is 13.2.